The average Bonchev–Trinajstić information content (AvgIpc) is 3.40. The molecule has 1 heterocycles. The molecule has 1 aliphatic rings. The van der Waals surface area contributed by atoms with Gasteiger partial charge in [-0.15, -0.1) is 0 Å². The van der Waals surface area contributed by atoms with Gasteiger partial charge in [0.1, 0.15) is 0 Å². The summed E-state index contributed by atoms with van der Waals surface area (Å²) in [5, 5.41) is 0. The fourth-order valence-electron chi connectivity index (χ4n) is 6.48. The Morgan fingerprint density at radius 3 is 1.28 bits per heavy atom. The van der Waals surface area contributed by atoms with Crippen LogP contribution in [0.3, 0.4) is 0 Å². The van der Waals surface area contributed by atoms with E-state index in [9.17, 15) is 4.79 Å². The van der Waals surface area contributed by atoms with Crippen LogP contribution in [0.25, 0.3) is 0 Å². The van der Waals surface area contributed by atoms with Crippen molar-refractivity contribution in [3.8, 4) is 0 Å². The quantitative estimate of drug-likeness (QED) is 0.0575. The lowest BCUT2D eigenvalue weighted by molar-refractivity contribution is -0.934. The van der Waals surface area contributed by atoms with E-state index < -0.39 is 0 Å². The second-order valence-electron chi connectivity index (χ2n) is 13.3. The average molecular weight is 631 g/mol. The van der Waals surface area contributed by atoms with Gasteiger partial charge in [0.2, 0.25) is 5.91 Å². The fourth-order valence-corrected chi connectivity index (χ4v) is 6.48. The molecule has 0 N–H and O–H groups in total. The van der Waals surface area contributed by atoms with Crippen LogP contribution < -0.4 is 12.4 Å². The summed E-state index contributed by atoms with van der Waals surface area (Å²) < 4.78 is 13.1. The van der Waals surface area contributed by atoms with Gasteiger partial charge in [-0.1, -0.05) is 129 Å². The molecule has 1 rings (SSSR count). The van der Waals surface area contributed by atoms with Gasteiger partial charge in [-0.05, 0) is 26.2 Å². The number of likely N-dealkylation sites (tertiary alicyclic amines) is 1. The van der Waals surface area contributed by atoms with Crippen molar-refractivity contribution in [3.05, 3.63) is 0 Å². The van der Waals surface area contributed by atoms with E-state index in [1.165, 1.54) is 128 Å². The zero-order valence-electron chi connectivity index (χ0n) is 29.3. The number of carbonyl (C=O) groups excluding carboxylic acids is 1. The summed E-state index contributed by atoms with van der Waals surface area (Å²) >= 11 is 0. The monoisotopic (exact) mass is 631 g/mol. The van der Waals surface area contributed by atoms with E-state index in [1.807, 2.05) is 0 Å². The third-order valence-electron chi connectivity index (χ3n) is 9.44. The minimum absolute atomic E-state index is 0. The number of ether oxygens (including phenoxy) is 2. The molecule has 0 saturated carbocycles. The number of nitrogens with zero attached hydrogens (tertiary/aromatic N) is 2. The van der Waals surface area contributed by atoms with Gasteiger partial charge in [0, 0.05) is 39.0 Å². The molecule has 1 fully saturated rings. The predicted octanol–water partition coefficient (Wildman–Crippen LogP) is 7.06. The zero-order valence-corrected chi connectivity index (χ0v) is 30.1. The number of hydrogen-bond acceptors (Lipinski definition) is 3. The van der Waals surface area contributed by atoms with Gasteiger partial charge in [-0.3, -0.25) is 9.69 Å². The normalized spacial score (nSPS) is 13.7. The molecule has 1 aliphatic heterocycles. The van der Waals surface area contributed by atoms with Gasteiger partial charge in [-0.25, -0.2) is 0 Å². The Morgan fingerprint density at radius 2 is 0.930 bits per heavy atom. The first-order valence-corrected chi connectivity index (χ1v) is 19.0. The van der Waals surface area contributed by atoms with Crippen LogP contribution in [0.4, 0.5) is 0 Å². The van der Waals surface area contributed by atoms with Crippen LogP contribution in [-0.2, 0) is 14.3 Å². The lowest BCUT2D eigenvalue weighted by Crippen LogP contribution is -3.00. The summed E-state index contributed by atoms with van der Waals surface area (Å²) in [5.74, 6) is 0.348. The van der Waals surface area contributed by atoms with Crippen LogP contribution in [-0.4, -0.2) is 74.6 Å². The largest absolute Gasteiger partial charge is 1.00 e. The molecule has 6 heteroatoms. The number of unbranched alkanes of at least 4 members (excludes halogenated alkanes) is 18. The summed E-state index contributed by atoms with van der Waals surface area (Å²) in [6, 6.07) is 0. The number of rotatable bonds is 33. The van der Waals surface area contributed by atoms with Gasteiger partial charge in [0.15, 0.2) is 6.67 Å². The Morgan fingerprint density at radius 1 is 0.558 bits per heavy atom. The summed E-state index contributed by atoms with van der Waals surface area (Å²) in [6.07, 6.45) is 31.2. The standard InChI is InChI=1S/C37H75N2O3.ClH/c1-4-7-9-11-13-15-17-19-21-23-32-41-34-26-30-39(6-3,36-38-29-25-28-37(38)40)31-27-35-42-33-24-22-20-18-16-14-12-10-8-5-2;/h4-36H2,1-3H3;1H/q+1;/p-1. The van der Waals surface area contributed by atoms with Gasteiger partial charge in [0.25, 0.3) is 0 Å². The van der Waals surface area contributed by atoms with Crippen molar-refractivity contribution in [2.45, 2.75) is 175 Å². The minimum Gasteiger partial charge on any atom is -1.00 e. The van der Waals surface area contributed by atoms with Crippen molar-refractivity contribution in [1.29, 1.82) is 0 Å². The first-order valence-electron chi connectivity index (χ1n) is 19.0. The predicted molar refractivity (Wildman–Crippen MR) is 181 cm³/mol. The highest BCUT2D eigenvalue weighted by Gasteiger charge is 2.32. The molecule has 258 valence electrons. The molecule has 5 nitrogen and oxygen atoms in total. The number of carbonyl (C=O) groups is 1. The fraction of sp³-hybridized carbons (Fsp3) is 0.973. The highest BCUT2D eigenvalue weighted by Crippen LogP contribution is 2.18. The van der Waals surface area contributed by atoms with Crippen LogP contribution in [0.15, 0.2) is 0 Å². The SMILES string of the molecule is CCCCCCCCCCCCOCCC[N+](CC)(CCCOCCCCCCCCCCCC)CN1CCCC1=O.[Cl-]. The van der Waals surface area contributed by atoms with Crippen LogP contribution >= 0.6 is 0 Å². The third-order valence-corrected chi connectivity index (χ3v) is 9.44. The highest BCUT2D eigenvalue weighted by atomic mass is 35.5. The van der Waals surface area contributed by atoms with Crippen molar-refractivity contribution in [1.82, 2.24) is 4.90 Å². The topological polar surface area (TPSA) is 38.8 Å². The molecule has 43 heavy (non-hydrogen) atoms. The van der Waals surface area contributed by atoms with Crippen molar-refractivity contribution >= 4 is 5.91 Å². The number of amides is 1. The Kier molecular flexibility index (Phi) is 31.4. The smallest absolute Gasteiger partial charge is 0.226 e. The summed E-state index contributed by atoms with van der Waals surface area (Å²) in [7, 11) is 0. The molecule has 0 aromatic carbocycles. The molecule has 0 radical (unpaired) electrons. The Balaban J connectivity index is 0.0000176. The van der Waals surface area contributed by atoms with Crippen LogP contribution in [0.5, 0.6) is 0 Å². The van der Waals surface area contributed by atoms with Gasteiger partial charge < -0.3 is 26.4 Å². The lowest BCUT2D eigenvalue weighted by Gasteiger charge is -2.40. The van der Waals surface area contributed by atoms with E-state index in [1.54, 1.807) is 0 Å². The molecule has 0 bridgehead atoms. The summed E-state index contributed by atoms with van der Waals surface area (Å²) in [4.78, 5) is 14.6. The maximum atomic E-state index is 12.4. The number of halogens is 1. The molecule has 0 aliphatic carbocycles. The maximum absolute atomic E-state index is 12.4. The van der Waals surface area contributed by atoms with Crippen molar-refractivity contribution in [2.24, 2.45) is 0 Å². The van der Waals surface area contributed by atoms with E-state index in [4.69, 9.17) is 9.47 Å². The van der Waals surface area contributed by atoms with Crippen molar-refractivity contribution in [3.63, 3.8) is 0 Å². The van der Waals surface area contributed by atoms with Crippen LogP contribution in [0.2, 0.25) is 0 Å². The van der Waals surface area contributed by atoms with E-state index in [2.05, 4.69) is 25.7 Å². The Labute approximate surface area is 275 Å². The first-order chi connectivity index (χ1) is 20.7. The summed E-state index contributed by atoms with van der Waals surface area (Å²) in [5.41, 5.74) is 0. The molecule has 0 aromatic heterocycles. The molecule has 0 aromatic rings. The number of hydrogen-bond donors (Lipinski definition) is 0. The molecule has 1 saturated heterocycles. The van der Waals surface area contributed by atoms with Gasteiger partial charge in [0.05, 0.1) is 32.8 Å². The van der Waals surface area contributed by atoms with E-state index >= 15 is 0 Å². The highest BCUT2D eigenvalue weighted by molar-refractivity contribution is 5.77. The zero-order chi connectivity index (χ0) is 30.4. The van der Waals surface area contributed by atoms with Crippen LogP contribution in [0, 0.1) is 0 Å². The molecule has 0 atom stereocenters. The van der Waals surface area contributed by atoms with E-state index in [0.29, 0.717) is 5.91 Å². The third kappa shape index (κ3) is 24.5. The molecule has 0 spiro atoms. The molecule has 0 unspecified atom stereocenters. The second-order valence-corrected chi connectivity index (χ2v) is 13.3. The lowest BCUT2D eigenvalue weighted by atomic mass is 10.1. The van der Waals surface area contributed by atoms with Crippen molar-refractivity contribution in [2.75, 3.05) is 59.3 Å². The number of quaternary nitrogens is 1. The second kappa shape index (κ2) is 31.6. The maximum Gasteiger partial charge on any atom is 0.226 e. The van der Waals surface area contributed by atoms with E-state index in [-0.39, 0.29) is 12.4 Å². The van der Waals surface area contributed by atoms with Crippen molar-refractivity contribution < 1.29 is 31.2 Å². The van der Waals surface area contributed by atoms with Gasteiger partial charge in [-0.2, -0.15) is 0 Å². The molecular formula is C37H75ClN2O3. The van der Waals surface area contributed by atoms with Crippen LogP contribution in [0.1, 0.15) is 175 Å². The first kappa shape index (κ1) is 42.6. The summed E-state index contributed by atoms with van der Waals surface area (Å²) in [6.45, 7) is 15.4. The minimum atomic E-state index is 0. The van der Waals surface area contributed by atoms with E-state index in [0.717, 1.165) is 89.4 Å². The van der Waals surface area contributed by atoms with Gasteiger partial charge >= 0.3 is 0 Å². The Hall–Kier alpha value is -0.360. The molecule has 1 amide bonds. The Bertz CT molecular complexity index is 560. The molecular weight excluding hydrogens is 556 g/mol.